The molecule has 0 bridgehead atoms. The van der Waals surface area contributed by atoms with E-state index in [1.807, 2.05) is 0 Å². The van der Waals surface area contributed by atoms with E-state index in [1.54, 1.807) is 6.07 Å². The second kappa shape index (κ2) is 5.21. The first-order chi connectivity index (χ1) is 10.8. The van der Waals surface area contributed by atoms with Gasteiger partial charge in [0.05, 0.1) is 6.04 Å². The van der Waals surface area contributed by atoms with E-state index < -0.39 is 0 Å². The van der Waals surface area contributed by atoms with Crippen molar-refractivity contribution in [1.82, 2.24) is 10.1 Å². The molecular weight excluding hydrogens is 279 g/mol. The predicted molar refractivity (Wildman–Crippen MR) is 82.4 cm³/mol. The normalized spacial score (nSPS) is 16.1. The first kappa shape index (κ1) is 13.5. The van der Waals surface area contributed by atoms with Gasteiger partial charge in [0.25, 0.3) is 0 Å². The van der Waals surface area contributed by atoms with Gasteiger partial charge in [-0.15, -0.1) is 0 Å². The van der Waals surface area contributed by atoms with Gasteiger partial charge >= 0.3 is 0 Å². The van der Waals surface area contributed by atoms with Crippen LogP contribution in [0.25, 0.3) is 11.0 Å². The summed E-state index contributed by atoms with van der Waals surface area (Å²) in [6, 6.07) is 13.1. The third-order valence-electron chi connectivity index (χ3n) is 4.36. The number of benzene rings is 2. The Morgan fingerprint density at radius 3 is 2.59 bits per heavy atom. The Balaban J connectivity index is 1.70. The van der Waals surface area contributed by atoms with Gasteiger partial charge in [0.15, 0.2) is 5.58 Å². The van der Waals surface area contributed by atoms with Crippen LogP contribution in [0, 0.1) is 12.7 Å². The Hall–Kier alpha value is -2.20. The highest BCUT2D eigenvalue weighted by molar-refractivity contribution is 5.79. The number of hydrogen-bond donors (Lipinski definition) is 0. The van der Waals surface area contributed by atoms with Crippen LogP contribution < -0.4 is 0 Å². The molecule has 2 heterocycles. The minimum Gasteiger partial charge on any atom is -0.356 e. The summed E-state index contributed by atoms with van der Waals surface area (Å²) in [5, 5.41) is 5.06. The highest BCUT2D eigenvalue weighted by atomic mass is 19.1. The second-order valence-electron chi connectivity index (χ2n) is 5.69. The lowest BCUT2D eigenvalue weighted by atomic mass is 10.1. The van der Waals surface area contributed by atoms with Crippen LogP contribution in [-0.2, 0) is 13.1 Å². The lowest BCUT2D eigenvalue weighted by Gasteiger charge is -2.24. The molecule has 1 aromatic heterocycles. The highest BCUT2D eigenvalue weighted by Crippen LogP contribution is 2.35. The van der Waals surface area contributed by atoms with Gasteiger partial charge in [-0.1, -0.05) is 36.3 Å². The molecule has 0 saturated carbocycles. The molecule has 22 heavy (non-hydrogen) atoms. The molecule has 2 aromatic carbocycles. The number of hydrogen-bond acceptors (Lipinski definition) is 3. The fraction of sp³-hybridized carbons (Fsp3) is 0.222. The number of halogens is 1. The standard InChI is InChI=1S/C18H16FN2O/c1-2-16(21-10-12-5-3-4-6-13(12)11-21)18-15-8-7-14(19)9-17(15)22-20-18/h3-9,16H,1-2,10-11H2. The predicted octanol–water partition coefficient (Wildman–Crippen LogP) is 4.25. The van der Waals surface area contributed by atoms with Crippen molar-refractivity contribution in [2.24, 2.45) is 0 Å². The summed E-state index contributed by atoms with van der Waals surface area (Å²) in [7, 11) is 0. The van der Waals surface area contributed by atoms with Gasteiger partial charge in [-0.25, -0.2) is 4.39 Å². The van der Waals surface area contributed by atoms with Gasteiger partial charge in [0.2, 0.25) is 0 Å². The first-order valence-electron chi connectivity index (χ1n) is 7.41. The fourth-order valence-corrected chi connectivity index (χ4v) is 3.24. The Morgan fingerprint density at radius 2 is 1.91 bits per heavy atom. The number of rotatable bonds is 3. The number of nitrogens with zero attached hydrogens (tertiary/aromatic N) is 2. The topological polar surface area (TPSA) is 29.3 Å². The van der Waals surface area contributed by atoms with E-state index in [4.69, 9.17) is 4.52 Å². The van der Waals surface area contributed by atoms with E-state index in [9.17, 15) is 4.39 Å². The lowest BCUT2D eigenvalue weighted by molar-refractivity contribution is 0.193. The average molecular weight is 295 g/mol. The molecule has 0 spiro atoms. The zero-order chi connectivity index (χ0) is 15.1. The zero-order valence-corrected chi connectivity index (χ0v) is 12.1. The van der Waals surface area contributed by atoms with Gasteiger partial charge in [-0.3, -0.25) is 4.90 Å². The maximum atomic E-state index is 13.3. The maximum Gasteiger partial charge on any atom is 0.170 e. The van der Waals surface area contributed by atoms with E-state index >= 15 is 0 Å². The molecule has 0 aliphatic carbocycles. The molecule has 0 fully saturated rings. The number of aromatic nitrogens is 1. The van der Waals surface area contributed by atoms with Crippen molar-refractivity contribution in [3.63, 3.8) is 0 Å². The van der Waals surface area contributed by atoms with Crippen molar-refractivity contribution in [2.75, 3.05) is 0 Å². The molecule has 1 aliphatic heterocycles. The fourth-order valence-electron chi connectivity index (χ4n) is 3.24. The molecule has 111 valence electrons. The maximum absolute atomic E-state index is 13.3. The second-order valence-corrected chi connectivity index (χ2v) is 5.69. The Morgan fingerprint density at radius 1 is 1.18 bits per heavy atom. The zero-order valence-electron chi connectivity index (χ0n) is 12.1. The molecule has 3 nitrogen and oxygen atoms in total. The van der Waals surface area contributed by atoms with E-state index in [-0.39, 0.29) is 11.9 Å². The molecule has 3 aromatic rings. The molecule has 4 rings (SSSR count). The third-order valence-corrected chi connectivity index (χ3v) is 4.36. The van der Waals surface area contributed by atoms with Gasteiger partial charge in [-0.05, 0) is 29.7 Å². The van der Waals surface area contributed by atoms with Crippen molar-refractivity contribution < 1.29 is 8.91 Å². The van der Waals surface area contributed by atoms with Crippen molar-refractivity contribution in [3.8, 4) is 0 Å². The highest BCUT2D eigenvalue weighted by Gasteiger charge is 2.29. The minimum absolute atomic E-state index is 0.0686. The summed E-state index contributed by atoms with van der Waals surface area (Å²) in [5.41, 5.74) is 4.03. The minimum atomic E-state index is -0.310. The van der Waals surface area contributed by atoms with Crippen molar-refractivity contribution in [2.45, 2.75) is 25.6 Å². The molecular formula is C18H16FN2O. The van der Waals surface area contributed by atoms with Crippen LogP contribution in [0.4, 0.5) is 4.39 Å². The van der Waals surface area contributed by atoms with Crippen LogP contribution in [0.15, 0.2) is 47.0 Å². The Bertz CT molecular complexity index is 802. The Kier molecular flexibility index (Phi) is 3.19. The third kappa shape index (κ3) is 2.11. The molecule has 0 N–H and O–H groups in total. The summed E-state index contributed by atoms with van der Waals surface area (Å²) in [6.45, 7) is 5.84. The first-order valence-corrected chi connectivity index (χ1v) is 7.41. The molecule has 1 unspecified atom stereocenters. The summed E-state index contributed by atoms with van der Waals surface area (Å²) < 4.78 is 18.6. The Labute approximate surface area is 128 Å². The van der Waals surface area contributed by atoms with Crippen LogP contribution in [-0.4, -0.2) is 10.1 Å². The summed E-state index contributed by atoms with van der Waals surface area (Å²) >= 11 is 0. The van der Waals surface area contributed by atoms with Crippen molar-refractivity contribution >= 4 is 11.0 Å². The number of fused-ring (bicyclic) bond motifs is 2. The SMILES string of the molecule is [CH2]CC(c1noc2cc(F)ccc12)N1Cc2ccccc2C1. The molecule has 4 heteroatoms. The van der Waals surface area contributed by atoms with Gasteiger partial charge in [-0.2, -0.15) is 0 Å². The van der Waals surface area contributed by atoms with Gasteiger partial charge in [0, 0.05) is 24.5 Å². The van der Waals surface area contributed by atoms with Crippen LogP contribution in [0.5, 0.6) is 0 Å². The van der Waals surface area contributed by atoms with E-state index in [2.05, 4.69) is 41.2 Å². The quantitative estimate of drug-likeness (QED) is 0.723. The van der Waals surface area contributed by atoms with Gasteiger partial charge in [0.1, 0.15) is 11.5 Å². The van der Waals surface area contributed by atoms with Crippen molar-refractivity contribution in [3.05, 3.63) is 72.0 Å². The summed E-state index contributed by atoms with van der Waals surface area (Å²) in [5.74, 6) is -0.310. The van der Waals surface area contributed by atoms with Crippen LogP contribution >= 0.6 is 0 Å². The lowest BCUT2D eigenvalue weighted by Crippen LogP contribution is -2.23. The average Bonchev–Trinajstić information content (AvgIpc) is 3.12. The molecule has 1 aliphatic rings. The van der Waals surface area contributed by atoms with E-state index in [1.165, 1.54) is 23.3 Å². The molecule has 0 saturated heterocycles. The van der Waals surface area contributed by atoms with Crippen LogP contribution in [0.1, 0.15) is 29.3 Å². The van der Waals surface area contributed by atoms with E-state index in [0.29, 0.717) is 12.0 Å². The summed E-state index contributed by atoms with van der Waals surface area (Å²) in [4.78, 5) is 2.35. The summed E-state index contributed by atoms with van der Waals surface area (Å²) in [6.07, 6.45) is 0.687. The largest absolute Gasteiger partial charge is 0.356 e. The van der Waals surface area contributed by atoms with Gasteiger partial charge < -0.3 is 4.52 Å². The van der Waals surface area contributed by atoms with E-state index in [0.717, 1.165) is 24.2 Å². The van der Waals surface area contributed by atoms with Crippen molar-refractivity contribution in [1.29, 1.82) is 0 Å². The monoisotopic (exact) mass is 295 g/mol. The molecule has 0 amide bonds. The van der Waals surface area contributed by atoms with Crippen LogP contribution in [0.2, 0.25) is 0 Å². The molecule has 1 atom stereocenters. The van der Waals surface area contributed by atoms with Crippen LogP contribution in [0.3, 0.4) is 0 Å². The smallest absolute Gasteiger partial charge is 0.170 e. The molecule has 1 radical (unpaired) electrons.